The van der Waals surface area contributed by atoms with Crippen LogP contribution in [0.2, 0.25) is 0 Å². The van der Waals surface area contributed by atoms with Crippen LogP contribution in [0.15, 0.2) is 30.3 Å². The third kappa shape index (κ3) is 5.75. The number of ether oxygens (including phenoxy) is 1. The Bertz CT molecular complexity index is 600. The van der Waals surface area contributed by atoms with Gasteiger partial charge in [0.05, 0.1) is 6.54 Å². The van der Waals surface area contributed by atoms with E-state index >= 15 is 0 Å². The molecule has 1 saturated heterocycles. The van der Waals surface area contributed by atoms with Gasteiger partial charge in [0.2, 0.25) is 11.8 Å². The lowest BCUT2D eigenvalue weighted by molar-refractivity contribution is -0.129. The van der Waals surface area contributed by atoms with E-state index in [1.54, 1.807) is 4.90 Å². The zero-order chi connectivity index (χ0) is 18.2. The van der Waals surface area contributed by atoms with E-state index in [9.17, 15) is 19.5 Å². The number of aliphatic hydroxyl groups is 1. The van der Waals surface area contributed by atoms with Gasteiger partial charge in [-0.25, -0.2) is 4.79 Å². The molecule has 8 heteroatoms. The number of hydrogen-bond acceptors (Lipinski definition) is 5. The SMILES string of the molecule is NC(=O)[C@H](O)CNC(=O)C1CCN(C(=O)OCc2ccccc2)CC1. The second-order valence-corrected chi connectivity index (χ2v) is 5.96. The first-order valence-corrected chi connectivity index (χ1v) is 8.18. The van der Waals surface area contributed by atoms with Crippen LogP contribution < -0.4 is 11.1 Å². The van der Waals surface area contributed by atoms with Crippen molar-refractivity contribution in [1.29, 1.82) is 0 Å². The zero-order valence-corrected chi connectivity index (χ0v) is 13.9. The smallest absolute Gasteiger partial charge is 0.410 e. The van der Waals surface area contributed by atoms with Gasteiger partial charge in [0.1, 0.15) is 12.7 Å². The van der Waals surface area contributed by atoms with Gasteiger partial charge in [-0.15, -0.1) is 0 Å². The quantitative estimate of drug-likeness (QED) is 0.667. The predicted octanol–water partition coefficient (Wildman–Crippen LogP) is -0.00240. The number of amides is 3. The van der Waals surface area contributed by atoms with E-state index < -0.39 is 18.1 Å². The van der Waals surface area contributed by atoms with Gasteiger partial charge in [-0.3, -0.25) is 9.59 Å². The van der Waals surface area contributed by atoms with Crippen molar-refractivity contribution >= 4 is 17.9 Å². The highest BCUT2D eigenvalue weighted by Gasteiger charge is 2.28. The fourth-order valence-electron chi connectivity index (χ4n) is 2.58. The molecule has 8 nitrogen and oxygen atoms in total. The number of carbonyl (C=O) groups excluding carboxylic acids is 3. The molecule has 1 atom stereocenters. The Hall–Kier alpha value is -2.61. The molecule has 0 aromatic heterocycles. The summed E-state index contributed by atoms with van der Waals surface area (Å²) in [4.78, 5) is 36.4. The Kier molecular flexibility index (Phi) is 6.76. The largest absolute Gasteiger partial charge is 0.445 e. The van der Waals surface area contributed by atoms with Crippen molar-refractivity contribution in [3.8, 4) is 0 Å². The lowest BCUT2D eigenvalue weighted by atomic mass is 9.96. The summed E-state index contributed by atoms with van der Waals surface area (Å²) in [6.07, 6.45) is -0.790. The molecule has 2 rings (SSSR count). The van der Waals surface area contributed by atoms with Gasteiger partial charge >= 0.3 is 6.09 Å². The minimum atomic E-state index is -1.39. The number of aliphatic hydroxyl groups excluding tert-OH is 1. The Morgan fingerprint density at radius 3 is 2.48 bits per heavy atom. The molecular formula is C17H23N3O5. The molecule has 0 unspecified atom stereocenters. The van der Waals surface area contributed by atoms with E-state index in [2.05, 4.69) is 5.32 Å². The molecule has 4 N–H and O–H groups in total. The average molecular weight is 349 g/mol. The van der Waals surface area contributed by atoms with Crippen molar-refractivity contribution in [2.24, 2.45) is 11.7 Å². The monoisotopic (exact) mass is 349 g/mol. The summed E-state index contributed by atoms with van der Waals surface area (Å²) in [5.74, 6) is -1.40. The first-order chi connectivity index (χ1) is 12.0. The number of primary amides is 1. The van der Waals surface area contributed by atoms with Crippen LogP contribution in [-0.4, -0.2) is 53.7 Å². The standard InChI is InChI=1S/C17H23N3O5/c18-15(22)14(21)10-19-16(23)13-6-8-20(9-7-13)17(24)25-11-12-4-2-1-3-5-12/h1-5,13-14,21H,6-11H2,(H2,18,22)(H,19,23)/t14-/m1/s1. The van der Waals surface area contributed by atoms with Gasteiger partial charge in [-0.1, -0.05) is 30.3 Å². The summed E-state index contributed by atoms with van der Waals surface area (Å²) in [6, 6.07) is 9.41. The van der Waals surface area contributed by atoms with Crippen molar-refractivity contribution in [1.82, 2.24) is 10.2 Å². The van der Waals surface area contributed by atoms with Crippen LogP contribution in [-0.2, 0) is 20.9 Å². The van der Waals surface area contributed by atoms with Crippen molar-refractivity contribution < 1.29 is 24.2 Å². The van der Waals surface area contributed by atoms with Crippen molar-refractivity contribution in [2.45, 2.75) is 25.6 Å². The molecule has 1 aliphatic rings. The van der Waals surface area contributed by atoms with Crippen molar-refractivity contribution in [2.75, 3.05) is 19.6 Å². The number of benzene rings is 1. The topological polar surface area (TPSA) is 122 Å². The molecule has 1 aliphatic heterocycles. The Balaban J connectivity index is 1.70. The number of likely N-dealkylation sites (tertiary alicyclic amines) is 1. The molecule has 1 aromatic rings. The lowest BCUT2D eigenvalue weighted by Crippen LogP contribution is -2.46. The first-order valence-electron chi connectivity index (χ1n) is 8.18. The van der Waals surface area contributed by atoms with Gasteiger partial charge in [-0.2, -0.15) is 0 Å². The first kappa shape index (κ1) is 18.7. The van der Waals surface area contributed by atoms with E-state index in [-0.39, 0.29) is 25.0 Å². The lowest BCUT2D eigenvalue weighted by Gasteiger charge is -2.30. The van der Waals surface area contributed by atoms with E-state index in [0.717, 1.165) is 5.56 Å². The van der Waals surface area contributed by atoms with Crippen molar-refractivity contribution in [3.05, 3.63) is 35.9 Å². The maximum absolute atomic E-state index is 12.1. The number of carbonyl (C=O) groups is 3. The second-order valence-electron chi connectivity index (χ2n) is 5.96. The van der Waals surface area contributed by atoms with Crippen LogP contribution in [0.3, 0.4) is 0 Å². The fourth-order valence-corrected chi connectivity index (χ4v) is 2.58. The van der Waals surface area contributed by atoms with Crippen LogP contribution in [0.5, 0.6) is 0 Å². The molecule has 0 bridgehead atoms. The third-order valence-corrected chi connectivity index (χ3v) is 4.13. The van der Waals surface area contributed by atoms with Crippen LogP contribution in [0.1, 0.15) is 18.4 Å². The summed E-state index contributed by atoms with van der Waals surface area (Å²) >= 11 is 0. The van der Waals surface area contributed by atoms with E-state index in [4.69, 9.17) is 10.5 Å². The van der Waals surface area contributed by atoms with Crippen LogP contribution in [0.4, 0.5) is 4.79 Å². The number of hydrogen-bond donors (Lipinski definition) is 3. The summed E-state index contributed by atoms with van der Waals surface area (Å²) in [7, 11) is 0. The third-order valence-electron chi connectivity index (χ3n) is 4.13. The molecule has 25 heavy (non-hydrogen) atoms. The highest BCUT2D eigenvalue weighted by molar-refractivity contribution is 5.82. The normalized spacial score (nSPS) is 16.1. The number of rotatable bonds is 6. The van der Waals surface area contributed by atoms with Crippen LogP contribution in [0.25, 0.3) is 0 Å². The minimum Gasteiger partial charge on any atom is -0.445 e. The number of nitrogens with one attached hydrogen (secondary N) is 1. The highest BCUT2D eigenvalue weighted by Crippen LogP contribution is 2.18. The van der Waals surface area contributed by atoms with Gasteiger partial charge < -0.3 is 25.8 Å². The molecule has 3 amide bonds. The van der Waals surface area contributed by atoms with E-state index in [1.165, 1.54) is 0 Å². The van der Waals surface area contributed by atoms with Crippen molar-refractivity contribution in [3.63, 3.8) is 0 Å². The molecule has 0 saturated carbocycles. The maximum Gasteiger partial charge on any atom is 0.410 e. The van der Waals surface area contributed by atoms with Crippen LogP contribution >= 0.6 is 0 Å². The summed E-state index contributed by atoms with van der Waals surface area (Å²) in [5.41, 5.74) is 5.84. The highest BCUT2D eigenvalue weighted by atomic mass is 16.6. The maximum atomic E-state index is 12.1. The molecule has 0 radical (unpaired) electrons. The Morgan fingerprint density at radius 2 is 1.88 bits per heavy atom. The number of nitrogens with two attached hydrogens (primary N) is 1. The van der Waals surface area contributed by atoms with Gasteiger partial charge in [0.25, 0.3) is 0 Å². The number of piperidine rings is 1. The predicted molar refractivity (Wildman–Crippen MR) is 89.1 cm³/mol. The average Bonchev–Trinajstić information content (AvgIpc) is 2.64. The molecule has 1 heterocycles. The van der Waals surface area contributed by atoms with Crippen LogP contribution in [0, 0.1) is 5.92 Å². The number of nitrogens with zero attached hydrogens (tertiary/aromatic N) is 1. The van der Waals surface area contributed by atoms with E-state index in [0.29, 0.717) is 25.9 Å². The van der Waals surface area contributed by atoms with Gasteiger partial charge in [0.15, 0.2) is 0 Å². The molecular weight excluding hydrogens is 326 g/mol. The van der Waals surface area contributed by atoms with E-state index in [1.807, 2.05) is 30.3 Å². The minimum absolute atomic E-state index is 0.201. The Morgan fingerprint density at radius 1 is 1.24 bits per heavy atom. The molecule has 0 aliphatic carbocycles. The second kappa shape index (κ2) is 9.03. The molecule has 1 aromatic carbocycles. The Labute approximate surface area is 145 Å². The molecule has 0 spiro atoms. The van der Waals surface area contributed by atoms with Gasteiger partial charge in [-0.05, 0) is 18.4 Å². The van der Waals surface area contributed by atoms with Gasteiger partial charge in [0, 0.05) is 19.0 Å². The molecule has 136 valence electrons. The summed E-state index contributed by atoms with van der Waals surface area (Å²) < 4.78 is 5.27. The zero-order valence-electron chi connectivity index (χ0n) is 13.9. The summed E-state index contributed by atoms with van der Waals surface area (Å²) in [6.45, 7) is 0.854. The molecule has 1 fully saturated rings. The fraction of sp³-hybridized carbons (Fsp3) is 0.471. The summed E-state index contributed by atoms with van der Waals surface area (Å²) in [5, 5.41) is 11.8.